The summed E-state index contributed by atoms with van der Waals surface area (Å²) >= 11 is 0. The van der Waals surface area contributed by atoms with Crippen LogP contribution < -0.4 is 4.74 Å². The zero-order valence-electron chi connectivity index (χ0n) is 10.6. The molecule has 0 saturated carbocycles. The third-order valence-electron chi connectivity index (χ3n) is 2.59. The van der Waals surface area contributed by atoms with E-state index in [2.05, 4.69) is 6.58 Å². The first-order valence-corrected chi connectivity index (χ1v) is 5.83. The number of benzene rings is 2. The molecule has 0 heterocycles. The van der Waals surface area contributed by atoms with Gasteiger partial charge in [-0.15, -0.1) is 0 Å². The van der Waals surface area contributed by atoms with Gasteiger partial charge in [-0.3, -0.25) is 0 Å². The zero-order chi connectivity index (χ0) is 13.8. The molecular weight excluding hydrogens is 240 g/mol. The highest BCUT2D eigenvalue weighted by molar-refractivity contribution is 5.88. The van der Waals surface area contributed by atoms with E-state index in [1.165, 1.54) is 0 Å². The first kappa shape index (κ1) is 12.9. The highest BCUT2D eigenvalue weighted by atomic mass is 16.5. The normalized spacial score (nSPS) is 9.95. The smallest absolute Gasteiger partial charge is 0.338 e. The van der Waals surface area contributed by atoms with E-state index in [-0.39, 0.29) is 5.75 Å². The van der Waals surface area contributed by atoms with Crippen molar-refractivity contribution < 1.29 is 14.6 Å². The first-order chi connectivity index (χ1) is 9.06. The number of carbonyl (C=O) groups is 1. The van der Waals surface area contributed by atoms with Gasteiger partial charge in [-0.05, 0) is 42.3 Å². The van der Waals surface area contributed by atoms with Crippen LogP contribution >= 0.6 is 0 Å². The molecule has 2 rings (SSSR count). The average molecular weight is 254 g/mol. The zero-order valence-corrected chi connectivity index (χ0v) is 10.6. The minimum Gasteiger partial charge on any atom is -0.508 e. The molecule has 0 aliphatic carbocycles. The molecule has 0 aromatic heterocycles. The number of rotatable bonds is 3. The minimum absolute atomic E-state index is 0.218. The van der Waals surface area contributed by atoms with Gasteiger partial charge in [0.15, 0.2) is 0 Å². The van der Waals surface area contributed by atoms with E-state index < -0.39 is 5.97 Å². The van der Waals surface area contributed by atoms with Crippen molar-refractivity contribution in [3.05, 3.63) is 60.7 Å². The molecule has 0 fully saturated rings. The van der Waals surface area contributed by atoms with Gasteiger partial charge in [-0.1, -0.05) is 30.8 Å². The van der Waals surface area contributed by atoms with Crippen LogP contribution in [0.1, 0.15) is 6.92 Å². The molecule has 2 aromatic carbocycles. The highest BCUT2D eigenvalue weighted by Gasteiger charge is 2.05. The van der Waals surface area contributed by atoms with Crippen LogP contribution in [0, 0.1) is 0 Å². The Morgan fingerprint density at radius 3 is 2.37 bits per heavy atom. The number of hydrogen-bond acceptors (Lipinski definition) is 3. The lowest BCUT2D eigenvalue weighted by atomic mass is 10.1. The Hall–Kier alpha value is -2.55. The minimum atomic E-state index is -0.440. The number of hydrogen-bond donors (Lipinski definition) is 1. The number of phenolic OH excluding ortho intramolecular Hbond substituents is 1. The average Bonchev–Trinajstić information content (AvgIpc) is 2.39. The van der Waals surface area contributed by atoms with Gasteiger partial charge in [-0.2, -0.15) is 0 Å². The predicted molar refractivity (Wildman–Crippen MR) is 74.0 cm³/mol. The maximum atomic E-state index is 11.4. The van der Waals surface area contributed by atoms with Crippen molar-refractivity contribution in [2.24, 2.45) is 0 Å². The fourth-order valence-electron chi connectivity index (χ4n) is 1.60. The number of esters is 1. The summed E-state index contributed by atoms with van der Waals surface area (Å²) in [5.41, 5.74) is 2.20. The maximum absolute atomic E-state index is 11.4. The van der Waals surface area contributed by atoms with Gasteiger partial charge in [0.2, 0.25) is 0 Å². The lowest BCUT2D eigenvalue weighted by Crippen LogP contribution is -2.07. The molecule has 3 nitrogen and oxygen atoms in total. The summed E-state index contributed by atoms with van der Waals surface area (Å²) in [5, 5.41) is 9.43. The van der Waals surface area contributed by atoms with Gasteiger partial charge in [-0.25, -0.2) is 4.79 Å². The molecule has 0 aliphatic rings. The van der Waals surface area contributed by atoms with Gasteiger partial charge in [0.05, 0.1) is 0 Å². The molecule has 0 bridgehead atoms. The second kappa shape index (κ2) is 5.40. The Labute approximate surface area is 111 Å². The lowest BCUT2D eigenvalue weighted by molar-refractivity contribution is -0.130. The molecule has 1 N–H and O–H groups in total. The van der Waals surface area contributed by atoms with Crippen molar-refractivity contribution in [3.8, 4) is 22.6 Å². The third-order valence-corrected chi connectivity index (χ3v) is 2.59. The number of ether oxygens (including phenoxy) is 1. The van der Waals surface area contributed by atoms with Crippen LogP contribution in [0.15, 0.2) is 60.7 Å². The van der Waals surface area contributed by atoms with Crippen molar-refractivity contribution >= 4 is 5.97 Å². The SMILES string of the molecule is C=C(C)C(=O)Oc1ccc(-c2cccc(O)c2)cc1. The lowest BCUT2D eigenvalue weighted by Gasteiger charge is -2.06. The summed E-state index contributed by atoms with van der Waals surface area (Å²) in [5.74, 6) is 0.247. The van der Waals surface area contributed by atoms with Gasteiger partial charge in [0, 0.05) is 5.57 Å². The van der Waals surface area contributed by atoms with Gasteiger partial charge in [0.25, 0.3) is 0 Å². The van der Waals surface area contributed by atoms with Crippen LogP contribution in [-0.4, -0.2) is 11.1 Å². The fraction of sp³-hybridized carbons (Fsp3) is 0.0625. The van der Waals surface area contributed by atoms with E-state index in [1.54, 1.807) is 37.3 Å². The van der Waals surface area contributed by atoms with E-state index >= 15 is 0 Å². The van der Waals surface area contributed by atoms with E-state index in [4.69, 9.17) is 4.74 Å². The monoisotopic (exact) mass is 254 g/mol. The van der Waals surface area contributed by atoms with Crippen LogP contribution in [0.2, 0.25) is 0 Å². The molecule has 0 radical (unpaired) electrons. The Balaban J connectivity index is 2.19. The molecule has 0 aliphatic heterocycles. The topological polar surface area (TPSA) is 46.5 Å². The van der Waals surface area contributed by atoms with E-state index in [1.807, 2.05) is 18.2 Å². The first-order valence-electron chi connectivity index (χ1n) is 5.83. The van der Waals surface area contributed by atoms with Crippen molar-refractivity contribution in [1.82, 2.24) is 0 Å². The summed E-state index contributed by atoms with van der Waals surface area (Å²) < 4.78 is 5.10. The van der Waals surface area contributed by atoms with Crippen molar-refractivity contribution in [2.45, 2.75) is 6.92 Å². The summed E-state index contributed by atoms with van der Waals surface area (Å²) in [6.45, 7) is 5.12. The van der Waals surface area contributed by atoms with Crippen LogP contribution in [-0.2, 0) is 4.79 Å². The van der Waals surface area contributed by atoms with Crippen LogP contribution in [0.3, 0.4) is 0 Å². The molecule has 0 amide bonds. The van der Waals surface area contributed by atoms with E-state index in [0.717, 1.165) is 11.1 Å². The largest absolute Gasteiger partial charge is 0.508 e. The van der Waals surface area contributed by atoms with Gasteiger partial charge >= 0.3 is 5.97 Å². The van der Waals surface area contributed by atoms with Crippen molar-refractivity contribution in [3.63, 3.8) is 0 Å². The Morgan fingerprint density at radius 2 is 1.79 bits per heavy atom. The van der Waals surface area contributed by atoms with Gasteiger partial charge in [0.1, 0.15) is 11.5 Å². The summed E-state index contributed by atoms with van der Waals surface area (Å²) in [4.78, 5) is 11.4. The van der Waals surface area contributed by atoms with Gasteiger partial charge < -0.3 is 9.84 Å². The highest BCUT2D eigenvalue weighted by Crippen LogP contribution is 2.25. The van der Waals surface area contributed by atoms with Crippen molar-refractivity contribution in [2.75, 3.05) is 0 Å². The molecule has 19 heavy (non-hydrogen) atoms. The Kier molecular flexibility index (Phi) is 3.66. The Morgan fingerprint density at radius 1 is 1.11 bits per heavy atom. The predicted octanol–water partition coefficient (Wildman–Crippen LogP) is 3.54. The van der Waals surface area contributed by atoms with Crippen LogP contribution in [0.4, 0.5) is 0 Å². The molecule has 0 unspecified atom stereocenters. The molecule has 0 atom stereocenters. The van der Waals surface area contributed by atoms with E-state index in [0.29, 0.717) is 11.3 Å². The third kappa shape index (κ3) is 3.22. The van der Waals surface area contributed by atoms with E-state index in [9.17, 15) is 9.90 Å². The molecule has 0 spiro atoms. The fourth-order valence-corrected chi connectivity index (χ4v) is 1.60. The summed E-state index contributed by atoms with van der Waals surface area (Å²) in [6.07, 6.45) is 0. The second-order valence-electron chi connectivity index (χ2n) is 4.24. The molecule has 96 valence electrons. The second-order valence-corrected chi connectivity index (χ2v) is 4.24. The van der Waals surface area contributed by atoms with Crippen molar-refractivity contribution in [1.29, 1.82) is 0 Å². The number of aromatic hydroxyl groups is 1. The summed E-state index contributed by atoms with van der Waals surface area (Å²) in [6, 6.07) is 14.0. The maximum Gasteiger partial charge on any atom is 0.338 e. The van der Waals surface area contributed by atoms with Crippen LogP contribution in [0.25, 0.3) is 11.1 Å². The summed E-state index contributed by atoms with van der Waals surface area (Å²) in [7, 11) is 0. The molecular formula is C16H14O3. The molecule has 2 aromatic rings. The number of phenols is 1. The standard InChI is InChI=1S/C16H14O3/c1-11(2)16(18)19-15-8-6-12(7-9-15)13-4-3-5-14(17)10-13/h3-10,17H,1H2,2H3. The quantitative estimate of drug-likeness (QED) is 0.517. The Bertz CT molecular complexity index is 612. The number of carbonyl (C=O) groups excluding carboxylic acids is 1. The molecule has 3 heteroatoms. The van der Waals surface area contributed by atoms with Crippen LogP contribution in [0.5, 0.6) is 11.5 Å². The molecule has 0 saturated heterocycles.